The first-order valence-corrected chi connectivity index (χ1v) is 20.6. The van der Waals surface area contributed by atoms with E-state index in [-0.39, 0.29) is 10.8 Å². The quantitative estimate of drug-likeness (QED) is 0.150. The van der Waals surface area contributed by atoms with E-state index in [1.165, 1.54) is 110 Å². The second-order valence-electron chi connectivity index (χ2n) is 17.2. The Balaban J connectivity index is 1.34. The lowest BCUT2D eigenvalue weighted by molar-refractivity contribution is 0.546. The Kier molecular flexibility index (Phi) is 11.4. The second-order valence-corrected chi connectivity index (χ2v) is 18.3. The molecule has 1 saturated heterocycles. The Morgan fingerprint density at radius 1 is 0.843 bits per heavy atom. The molecule has 1 aliphatic carbocycles. The topological polar surface area (TPSA) is 27.8 Å². The number of nitrogens with one attached hydrogen (secondary N) is 2. The highest BCUT2D eigenvalue weighted by molar-refractivity contribution is 7.13. The molecule has 1 fully saturated rings. The molecule has 0 bridgehead atoms. The maximum atomic E-state index is 3.97. The third-order valence-electron chi connectivity index (χ3n) is 11.0. The molecule has 51 heavy (non-hydrogen) atoms. The van der Waals surface area contributed by atoms with E-state index in [4.69, 9.17) is 0 Å². The third kappa shape index (κ3) is 8.41. The van der Waals surface area contributed by atoms with Crippen LogP contribution in [0.5, 0.6) is 0 Å². The third-order valence-corrected chi connectivity index (χ3v) is 12.6. The van der Waals surface area contributed by atoms with E-state index in [1.54, 1.807) is 11.1 Å². The van der Waals surface area contributed by atoms with Crippen molar-refractivity contribution in [1.82, 2.24) is 10.3 Å². The number of rotatable bonds is 11. The first kappa shape index (κ1) is 37.2. The van der Waals surface area contributed by atoms with Gasteiger partial charge >= 0.3 is 0 Å². The van der Waals surface area contributed by atoms with Crippen molar-refractivity contribution in [1.29, 1.82) is 0 Å². The SMILES string of the molecule is CCCCC/C(=C\C1=C2NCC/C(=C\C=C(/C)c3ccc4c(c3)[nH]c3cc(C(C)(C)C)ccc34)C2CC=C1c1ccc(C(C)(C)C)s1)CCCC. The van der Waals surface area contributed by atoms with Gasteiger partial charge in [-0.15, -0.1) is 11.3 Å². The van der Waals surface area contributed by atoms with Crippen molar-refractivity contribution in [3.05, 3.63) is 116 Å². The zero-order chi connectivity index (χ0) is 36.3. The van der Waals surface area contributed by atoms with E-state index in [0.29, 0.717) is 5.92 Å². The van der Waals surface area contributed by atoms with Gasteiger partial charge in [0.05, 0.1) is 0 Å². The fraction of sp³-hybridized carbons (Fsp3) is 0.458. The van der Waals surface area contributed by atoms with Crippen molar-refractivity contribution in [3.63, 3.8) is 0 Å². The minimum atomic E-state index is 0.131. The molecule has 1 unspecified atom stereocenters. The summed E-state index contributed by atoms with van der Waals surface area (Å²) in [5.41, 5.74) is 14.2. The zero-order valence-electron chi connectivity index (χ0n) is 33.0. The van der Waals surface area contributed by atoms with E-state index >= 15 is 0 Å². The molecule has 1 atom stereocenters. The van der Waals surface area contributed by atoms with Crippen molar-refractivity contribution in [2.45, 2.75) is 131 Å². The lowest BCUT2D eigenvalue weighted by Crippen LogP contribution is -2.32. The lowest BCUT2D eigenvalue weighted by atomic mass is 9.78. The van der Waals surface area contributed by atoms with Gasteiger partial charge in [-0.25, -0.2) is 0 Å². The van der Waals surface area contributed by atoms with Crippen LogP contribution in [-0.2, 0) is 10.8 Å². The Hall–Kier alpha value is -3.56. The van der Waals surface area contributed by atoms with E-state index < -0.39 is 0 Å². The molecule has 2 N–H and O–H groups in total. The molecule has 6 rings (SSSR count). The normalized spacial score (nSPS) is 18.5. The van der Waals surface area contributed by atoms with E-state index in [1.807, 2.05) is 11.3 Å². The van der Waals surface area contributed by atoms with Crippen molar-refractivity contribution >= 4 is 44.3 Å². The van der Waals surface area contributed by atoms with Gasteiger partial charge in [0.25, 0.3) is 0 Å². The smallest absolute Gasteiger partial charge is 0.0470 e. The minimum Gasteiger partial charge on any atom is -0.387 e. The first-order chi connectivity index (χ1) is 24.4. The van der Waals surface area contributed by atoms with Gasteiger partial charge in [-0.3, -0.25) is 0 Å². The summed E-state index contributed by atoms with van der Waals surface area (Å²) in [6, 6.07) is 18.6. The van der Waals surface area contributed by atoms with E-state index in [0.717, 1.165) is 19.4 Å². The number of unbranched alkanes of at least 4 members (excludes halogenated alkanes) is 3. The molecule has 2 aliphatic rings. The monoisotopic (exact) mass is 698 g/mol. The number of hydrogen-bond donors (Lipinski definition) is 2. The highest BCUT2D eigenvalue weighted by Crippen LogP contribution is 2.45. The molecule has 0 radical (unpaired) electrons. The van der Waals surface area contributed by atoms with Crippen LogP contribution in [0.2, 0.25) is 0 Å². The van der Waals surface area contributed by atoms with Gasteiger partial charge in [0.1, 0.15) is 0 Å². The van der Waals surface area contributed by atoms with Gasteiger partial charge in [0, 0.05) is 55.3 Å². The fourth-order valence-electron chi connectivity index (χ4n) is 7.77. The average molecular weight is 699 g/mol. The minimum absolute atomic E-state index is 0.131. The molecular formula is C48H62N2S. The van der Waals surface area contributed by atoms with Gasteiger partial charge < -0.3 is 10.3 Å². The van der Waals surface area contributed by atoms with E-state index in [2.05, 4.69) is 145 Å². The number of H-pyrrole nitrogens is 1. The average Bonchev–Trinajstić information content (AvgIpc) is 3.74. The summed E-state index contributed by atoms with van der Waals surface area (Å²) >= 11 is 1.99. The summed E-state index contributed by atoms with van der Waals surface area (Å²) in [5.74, 6) is 0.399. The molecule has 4 aromatic rings. The molecule has 270 valence electrons. The molecule has 2 aromatic carbocycles. The Morgan fingerprint density at radius 2 is 1.57 bits per heavy atom. The second kappa shape index (κ2) is 15.6. The molecule has 3 heteroatoms. The molecule has 3 heterocycles. The van der Waals surface area contributed by atoms with Crippen molar-refractivity contribution in [2.75, 3.05) is 6.54 Å². The molecule has 2 nitrogen and oxygen atoms in total. The lowest BCUT2D eigenvalue weighted by Gasteiger charge is -2.35. The van der Waals surface area contributed by atoms with Gasteiger partial charge in [-0.05, 0) is 103 Å². The van der Waals surface area contributed by atoms with Crippen molar-refractivity contribution < 1.29 is 0 Å². The van der Waals surface area contributed by atoms with Crippen LogP contribution in [0.25, 0.3) is 33.0 Å². The molecule has 2 aromatic heterocycles. The first-order valence-electron chi connectivity index (χ1n) is 19.8. The van der Waals surface area contributed by atoms with Crippen molar-refractivity contribution in [2.24, 2.45) is 5.92 Å². The maximum Gasteiger partial charge on any atom is 0.0470 e. The van der Waals surface area contributed by atoms with Crippen LogP contribution in [0.4, 0.5) is 0 Å². The number of aromatic amines is 1. The molecule has 0 spiro atoms. The predicted molar refractivity (Wildman–Crippen MR) is 227 cm³/mol. The summed E-state index contributed by atoms with van der Waals surface area (Å²) in [4.78, 5) is 6.61. The van der Waals surface area contributed by atoms with Crippen LogP contribution in [0.1, 0.15) is 141 Å². The standard InChI is InChI=1S/C48H62N2S/c1-10-12-14-16-33(15-13-11-2)29-41-40(44-25-26-45(51-44)48(7,8)9)24-23-37-34(27-28-49-46(37)41)18-17-32(3)35-19-21-38-39-22-20-36(47(4,5)6)31-43(39)50-42(38)30-35/h17-22,24-26,29-31,37,49-50H,10-16,23,27-28H2,1-9H3/b32-17+,33-29-,34-18+. The number of thiophene rings is 1. The largest absolute Gasteiger partial charge is 0.387 e. The fourth-order valence-corrected chi connectivity index (χ4v) is 8.89. The van der Waals surface area contributed by atoms with Gasteiger partial charge in [-0.2, -0.15) is 0 Å². The molecule has 0 saturated carbocycles. The summed E-state index contributed by atoms with van der Waals surface area (Å²) in [7, 11) is 0. The van der Waals surface area contributed by atoms with Crippen LogP contribution >= 0.6 is 11.3 Å². The van der Waals surface area contributed by atoms with Crippen LogP contribution in [0.3, 0.4) is 0 Å². The number of benzene rings is 2. The Labute approximate surface area is 312 Å². The van der Waals surface area contributed by atoms with Gasteiger partial charge in [0.2, 0.25) is 0 Å². The molecule has 0 amide bonds. The number of allylic oxidation sites excluding steroid dienone is 9. The van der Waals surface area contributed by atoms with Crippen LogP contribution in [-0.4, -0.2) is 11.5 Å². The maximum absolute atomic E-state index is 3.97. The summed E-state index contributed by atoms with van der Waals surface area (Å²) in [6.45, 7) is 21.7. The number of fused-ring (bicyclic) bond motifs is 4. The summed E-state index contributed by atoms with van der Waals surface area (Å²) < 4.78 is 0. The highest BCUT2D eigenvalue weighted by Gasteiger charge is 2.31. The van der Waals surface area contributed by atoms with Crippen LogP contribution in [0.15, 0.2) is 95.3 Å². The van der Waals surface area contributed by atoms with Crippen LogP contribution < -0.4 is 5.32 Å². The molecular weight excluding hydrogens is 637 g/mol. The molecule has 1 aliphatic heterocycles. The number of piperidine rings is 1. The summed E-state index contributed by atoms with van der Waals surface area (Å²) in [6.07, 6.45) is 20.9. The predicted octanol–water partition coefficient (Wildman–Crippen LogP) is 14.4. The van der Waals surface area contributed by atoms with Gasteiger partial charge in [-0.1, -0.05) is 134 Å². The summed E-state index contributed by atoms with van der Waals surface area (Å²) in [5, 5.41) is 6.57. The number of aromatic nitrogens is 1. The van der Waals surface area contributed by atoms with E-state index in [9.17, 15) is 0 Å². The van der Waals surface area contributed by atoms with Crippen LogP contribution in [0, 0.1) is 5.92 Å². The van der Waals surface area contributed by atoms with Crippen molar-refractivity contribution in [3.8, 4) is 0 Å². The van der Waals surface area contributed by atoms with Gasteiger partial charge in [0.15, 0.2) is 0 Å². The number of hydrogen-bond acceptors (Lipinski definition) is 2. The highest BCUT2D eigenvalue weighted by atomic mass is 32.1. The zero-order valence-corrected chi connectivity index (χ0v) is 33.8. The Morgan fingerprint density at radius 3 is 2.27 bits per heavy atom. The Bertz CT molecular complexity index is 2020.